The summed E-state index contributed by atoms with van der Waals surface area (Å²) in [5.41, 5.74) is -0.157. The predicted molar refractivity (Wildman–Crippen MR) is 66.6 cm³/mol. The molecule has 0 saturated carbocycles. The van der Waals surface area contributed by atoms with Gasteiger partial charge in [-0.1, -0.05) is 0 Å². The van der Waals surface area contributed by atoms with E-state index in [0.29, 0.717) is 17.7 Å². The maximum atomic E-state index is 12.8. The number of rotatable bonds is 3. The zero-order chi connectivity index (χ0) is 14.8. The fourth-order valence-electron chi connectivity index (χ4n) is 1.72. The Hall–Kier alpha value is -2.37. The number of halogens is 3. The Kier molecular flexibility index (Phi) is 3.74. The van der Waals surface area contributed by atoms with E-state index in [2.05, 4.69) is 4.98 Å². The van der Waals surface area contributed by atoms with Gasteiger partial charge in [-0.2, -0.15) is 13.2 Å². The second kappa shape index (κ2) is 5.32. The molecule has 2 rings (SSSR count). The number of hydrogen-bond acceptors (Lipinski definition) is 3. The SMILES string of the molecule is COc1ccc(-c2cc(C=O)cc(C(F)(F)F)c2)cn1. The third-order valence-electron chi connectivity index (χ3n) is 2.70. The van der Waals surface area contributed by atoms with Crippen molar-refractivity contribution in [2.24, 2.45) is 0 Å². The van der Waals surface area contributed by atoms with Gasteiger partial charge in [-0.25, -0.2) is 4.98 Å². The van der Waals surface area contributed by atoms with Crippen LogP contribution in [0.3, 0.4) is 0 Å². The van der Waals surface area contributed by atoms with Gasteiger partial charge in [0.15, 0.2) is 0 Å². The molecule has 0 amide bonds. The lowest BCUT2D eigenvalue weighted by Crippen LogP contribution is -2.06. The fourth-order valence-corrected chi connectivity index (χ4v) is 1.72. The van der Waals surface area contributed by atoms with Gasteiger partial charge in [0.25, 0.3) is 0 Å². The van der Waals surface area contributed by atoms with Crippen LogP contribution in [0.5, 0.6) is 5.88 Å². The van der Waals surface area contributed by atoms with Gasteiger partial charge in [0.2, 0.25) is 5.88 Å². The Balaban J connectivity index is 2.52. The van der Waals surface area contributed by atoms with E-state index in [1.165, 1.54) is 25.4 Å². The summed E-state index contributed by atoms with van der Waals surface area (Å²) in [7, 11) is 1.44. The van der Waals surface area contributed by atoms with Crippen LogP contribution in [0.4, 0.5) is 13.2 Å². The van der Waals surface area contributed by atoms with Crippen molar-refractivity contribution < 1.29 is 22.7 Å². The molecule has 2 aromatic rings. The molecule has 0 aliphatic carbocycles. The minimum atomic E-state index is -4.51. The molecule has 0 aliphatic heterocycles. The summed E-state index contributed by atoms with van der Waals surface area (Å²) >= 11 is 0. The molecule has 0 N–H and O–H groups in total. The standard InChI is InChI=1S/C14H10F3NO2/c1-20-13-3-2-10(7-18-13)11-4-9(8-19)5-12(6-11)14(15,16)17/h2-8H,1H3. The third-order valence-corrected chi connectivity index (χ3v) is 2.70. The van der Waals surface area contributed by atoms with Gasteiger partial charge in [-0.3, -0.25) is 4.79 Å². The van der Waals surface area contributed by atoms with Crippen LogP contribution in [0, 0.1) is 0 Å². The number of carbonyl (C=O) groups is 1. The number of hydrogen-bond donors (Lipinski definition) is 0. The van der Waals surface area contributed by atoms with Gasteiger partial charge in [-0.05, 0) is 29.8 Å². The number of ether oxygens (including phenoxy) is 1. The van der Waals surface area contributed by atoms with E-state index in [1.807, 2.05) is 0 Å². The van der Waals surface area contributed by atoms with Gasteiger partial charge in [0.1, 0.15) is 6.29 Å². The molecular weight excluding hydrogens is 271 g/mol. The van der Waals surface area contributed by atoms with E-state index in [1.54, 1.807) is 6.07 Å². The van der Waals surface area contributed by atoms with Crippen LogP contribution in [-0.2, 0) is 6.18 Å². The maximum absolute atomic E-state index is 12.8. The monoisotopic (exact) mass is 281 g/mol. The van der Waals surface area contributed by atoms with Crippen molar-refractivity contribution >= 4 is 6.29 Å². The van der Waals surface area contributed by atoms with Crippen LogP contribution in [0.2, 0.25) is 0 Å². The number of pyridine rings is 1. The molecule has 6 heteroatoms. The Bertz CT molecular complexity index is 621. The highest BCUT2D eigenvalue weighted by Gasteiger charge is 2.31. The molecule has 1 aromatic heterocycles. The highest BCUT2D eigenvalue weighted by atomic mass is 19.4. The molecule has 0 atom stereocenters. The third kappa shape index (κ3) is 2.96. The Morgan fingerprint density at radius 3 is 2.40 bits per heavy atom. The van der Waals surface area contributed by atoms with E-state index in [9.17, 15) is 18.0 Å². The molecule has 0 unspecified atom stereocenters. The molecule has 0 saturated heterocycles. The molecule has 20 heavy (non-hydrogen) atoms. The first-order valence-corrected chi connectivity index (χ1v) is 5.62. The minimum absolute atomic E-state index is 0.0364. The Labute approximate surface area is 113 Å². The molecule has 0 fully saturated rings. The molecular formula is C14H10F3NO2. The van der Waals surface area contributed by atoms with Crippen LogP contribution in [0.25, 0.3) is 11.1 Å². The van der Waals surface area contributed by atoms with Gasteiger partial charge in [-0.15, -0.1) is 0 Å². The van der Waals surface area contributed by atoms with Crippen molar-refractivity contribution in [1.29, 1.82) is 0 Å². The zero-order valence-electron chi connectivity index (χ0n) is 10.4. The Morgan fingerprint density at radius 2 is 1.90 bits per heavy atom. The lowest BCUT2D eigenvalue weighted by Gasteiger charge is -2.10. The number of alkyl halides is 3. The molecule has 0 spiro atoms. The largest absolute Gasteiger partial charge is 0.481 e. The summed E-state index contributed by atoms with van der Waals surface area (Å²) in [6, 6.07) is 6.29. The fraction of sp³-hybridized carbons (Fsp3) is 0.143. The maximum Gasteiger partial charge on any atom is 0.416 e. The average molecular weight is 281 g/mol. The molecule has 0 radical (unpaired) electrons. The lowest BCUT2D eigenvalue weighted by atomic mass is 10.0. The van der Waals surface area contributed by atoms with E-state index in [-0.39, 0.29) is 11.1 Å². The topological polar surface area (TPSA) is 39.2 Å². The number of aldehydes is 1. The molecule has 3 nitrogen and oxygen atoms in total. The van der Waals surface area contributed by atoms with E-state index < -0.39 is 11.7 Å². The van der Waals surface area contributed by atoms with Crippen LogP contribution < -0.4 is 4.74 Å². The van der Waals surface area contributed by atoms with Crippen LogP contribution >= 0.6 is 0 Å². The first kappa shape index (κ1) is 14.0. The minimum Gasteiger partial charge on any atom is -0.481 e. The molecule has 0 aliphatic rings. The van der Waals surface area contributed by atoms with Crippen LogP contribution in [0.1, 0.15) is 15.9 Å². The van der Waals surface area contributed by atoms with Crippen molar-refractivity contribution in [1.82, 2.24) is 4.98 Å². The molecule has 104 valence electrons. The highest BCUT2D eigenvalue weighted by molar-refractivity contribution is 5.79. The lowest BCUT2D eigenvalue weighted by molar-refractivity contribution is -0.137. The summed E-state index contributed by atoms with van der Waals surface area (Å²) in [5.74, 6) is 0.358. The van der Waals surface area contributed by atoms with Crippen molar-refractivity contribution in [2.75, 3.05) is 7.11 Å². The number of nitrogens with zero attached hydrogens (tertiary/aromatic N) is 1. The normalized spacial score (nSPS) is 11.2. The number of benzene rings is 1. The van der Waals surface area contributed by atoms with E-state index >= 15 is 0 Å². The van der Waals surface area contributed by atoms with Gasteiger partial charge in [0.05, 0.1) is 12.7 Å². The second-order valence-corrected chi connectivity index (χ2v) is 4.05. The van der Waals surface area contributed by atoms with Gasteiger partial charge < -0.3 is 4.74 Å². The van der Waals surface area contributed by atoms with E-state index in [0.717, 1.165) is 12.1 Å². The first-order valence-electron chi connectivity index (χ1n) is 5.62. The molecule has 1 heterocycles. The first-order chi connectivity index (χ1) is 9.44. The summed E-state index contributed by atoms with van der Waals surface area (Å²) in [6.07, 6.45) is -2.73. The Morgan fingerprint density at radius 1 is 1.15 bits per heavy atom. The summed E-state index contributed by atoms with van der Waals surface area (Å²) in [4.78, 5) is 14.7. The van der Waals surface area contributed by atoms with Crippen LogP contribution in [-0.4, -0.2) is 18.4 Å². The van der Waals surface area contributed by atoms with Crippen molar-refractivity contribution in [3.05, 3.63) is 47.7 Å². The summed E-state index contributed by atoms with van der Waals surface area (Å²) < 4.78 is 43.2. The smallest absolute Gasteiger partial charge is 0.416 e. The van der Waals surface area contributed by atoms with Crippen LogP contribution in [0.15, 0.2) is 36.5 Å². The summed E-state index contributed by atoms with van der Waals surface area (Å²) in [6.45, 7) is 0. The van der Waals surface area contributed by atoms with Gasteiger partial charge in [0, 0.05) is 23.4 Å². The predicted octanol–water partition coefficient (Wildman–Crippen LogP) is 3.59. The second-order valence-electron chi connectivity index (χ2n) is 4.05. The number of aromatic nitrogens is 1. The quantitative estimate of drug-likeness (QED) is 0.807. The average Bonchev–Trinajstić information content (AvgIpc) is 2.46. The van der Waals surface area contributed by atoms with E-state index in [4.69, 9.17) is 4.74 Å². The zero-order valence-corrected chi connectivity index (χ0v) is 10.4. The highest BCUT2D eigenvalue weighted by Crippen LogP contribution is 2.33. The van der Waals surface area contributed by atoms with Gasteiger partial charge >= 0.3 is 6.18 Å². The van der Waals surface area contributed by atoms with Crippen molar-refractivity contribution in [3.63, 3.8) is 0 Å². The number of carbonyl (C=O) groups excluding carboxylic acids is 1. The summed E-state index contributed by atoms with van der Waals surface area (Å²) in [5, 5.41) is 0. The molecule has 0 bridgehead atoms. The van der Waals surface area contributed by atoms with Crippen molar-refractivity contribution in [2.45, 2.75) is 6.18 Å². The molecule has 1 aromatic carbocycles. The van der Waals surface area contributed by atoms with Crippen molar-refractivity contribution in [3.8, 4) is 17.0 Å². The number of methoxy groups -OCH3 is 1.